The molecule has 0 saturated carbocycles. The number of hydrogen-bond donors (Lipinski definition) is 4. The Balaban J connectivity index is 1.25. The molecule has 5 heterocycles. The smallest absolute Gasteiger partial charge is 0.256 e. The molecule has 2 aliphatic rings. The Morgan fingerprint density at radius 1 is 1.26 bits per heavy atom. The number of aromatic amines is 1. The van der Waals surface area contributed by atoms with E-state index in [1.165, 1.54) is 0 Å². The number of rotatable bonds is 7. The van der Waals surface area contributed by atoms with Gasteiger partial charge in [-0.25, -0.2) is 14.4 Å². The van der Waals surface area contributed by atoms with Crippen molar-refractivity contribution in [2.45, 2.75) is 31.1 Å². The number of hydrogen-bond acceptors (Lipinski definition) is 8. The Labute approximate surface area is 218 Å². The van der Waals surface area contributed by atoms with Crippen LogP contribution in [0.3, 0.4) is 0 Å². The molecule has 6 rings (SSSR count). The second-order valence-electron chi connectivity index (χ2n) is 9.73. The van der Waals surface area contributed by atoms with E-state index in [0.29, 0.717) is 35.4 Å². The van der Waals surface area contributed by atoms with Crippen LogP contribution in [-0.2, 0) is 11.8 Å². The number of aryl methyl sites for hydroxylation is 1. The molecule has 1 amide bonds. The van der Waals surface area contributed by atoms with Crippen molar-refractivity contribution in [2.75, 3.05) is 37.4 Å². The van der Waals surface area contributed by atoms with Gasteiger partial charge in [0, 0.05) is 55.9 Å². The van der Waals surface area contributed by atoms with E-state index in [4.69, 9.17) is 4.74 Å². The predicted molar refractivity (Wildman–Crippen MR) is 142 cm³/mol. The number of aromatic nitrogens is 5. The second kappa shape index (κ2) is 10.0. The van der Waals surface area contributed by atoms with E-state index in [1.807, 2.05) is 35.4 Å². The van der Waals surface area contributed by atoms with E-state index in [9.17, 15) is 9.18 Å². The highest BCUT2D eigenvalue weighted by Gasteiger charge is 2.41. The van der Waals surface area contributed by atoms with Gasteiger partial charge in [0.05, 0.1) is 36.2 Å². The molecule has 1 aromatic carbocycles. The van der Waals surface area contributed by atoms with Gasteiger partial charge in [0.2, 0.25) is 11.9 Å². The summed E-state index contributed by atoms with van der Waals surface area (Å²) in [5.74, 6) is 0.661. The SMILES string of the molecule is COc1nn(C)cc1Nc1nccc(-c2c[nH]c3c(NC(=O)[C@H]4C[C@H](F)CN4[C@H]4CCNC4)cccc23)n1. The predicted octanol–water partition coefficient (Wildman–Crippen LogP) is 2.82. The van der Waals surface area contributed by atoms with Crippen LogP contribution in [0.5, 0.6) is 5.88 Å². The maximum absolute atomic E-state index is 14.4. The Kier molecular flexibility index (Phi) is 6.42. The van der Waals surface area contributed by atoms with Crippen molar-refractivity contribution >= 4 is 34.1 Å². The number of ether oxygens (including phenoxy) is 1. The highest BCUT2D eigenvalue weighted by molar-refractivity contribution is 6.06. The monoisotopic (exact) mass is 519 g/mol. The minimum atomic E-state index is -0.994. The van der Waals surface area contributed by atoms with Crippen molar-refractivity contribution in [2.24, 2.45) is 7.05 Å². The van der Waals surface area contributed by atoms with Gasteiger partial charge in [-0.3, -0.25) is 14.4 Å². The summed E-state index contributed by atoms with van der Waals surface area (Å²) >= 11 is 0. The molecular formula is C26H30FN9O2. The first kappa shape index (κ1) is 24.3. The van der Waals surface area contributed by atoms with Crippen LogP contribution in [0, 0.1) is 0 Å². The molecule has 4 aromatic rings. The lowest BCUT2D eigenvalue weighted by Gasteiger charge is -2.28. The Hall–Kier alpha value is -4.03. The van der Waals surface area contributed by atoms with Crippen molar-refractivity contribution in [1.29, 1.82) is 0 Å². The third-order valence-electron chi connectivity index (χ3n) is 7.23. The molecule has 11 nitrogen and oxygen atoms in total. The Morgan fingerprint density at radius 2 is 2.16 bits per heavy atom. The van der Waals surface area contributed by atoms with E-state index < -0.39 is 12.2 Å². The number of nitrogens with zero attached hydrogens (tertiary/aromatic N) is 5. The molecule has 2 saturated heterocycles. The van der Waals surface area contributed by atoms with Gasteiger partial charge in [-0.2, -0.15) is 0 Å². The van der Waals surface area contributed by atoms with Crippen LogP contribution in [0.2, 0.25) is 0 Å². The van der Waals surface area contributed by atoms with Crippen molar-refractivity contribution in [3.63, 3.8) is 0 Å². The van der Waals surface area contributed by atoms with E-state index in [0.717, 1.165) is 36.0 Å². The topological polar surface area (TPSA) is 125 Å². The van der Waals surface area contributed by atoms with Crippen molar-refractivity contribution in [3.8, 4) is 17.1 Å². The number of para-hydroxylation sites is 1. The average Bonchev–Trinajstić information content (AvgIpc) is 3.70. The van der Waals surface area contributed by atoms with Gasteiger partial charge in [0.15, 0.2) is 0 Å². The molecular weight excluding hydrogens is 489 g/mol. The fourth-order valence-corrected chi connectivity index (χ4v) is 5.47. The lowest BCUT2D eigenvalue weighted by molar-refractivity contribution is -0.121. The maximum atomic E-state index is 14.4. The summed E-state index contributed by atoms with van der Waals surface area (Å²) in [5, 5.41) is 14.7. The normalized spacial score (nSPS) is 21.7. The summed E-state index contributed by atoms with van der Waals surface area (Å²) in [7, 11) is 3.36. The van der Waals surface area contributed by atoms with E-state index in [1.54, 1.807) is 31.2 Å². The summed E-state index contributed by atoms with van der Waals surface area (Å²) in [6.07, 6.45) is 5.47. The van der Waals surface area contributed by atoms with E-state index >= 15 is 0 Å². The number of methoxy groups -OCH3 is 1. The number of alkyl halides is 1. The Morgan fingerprint density at radius 3 is 2.97 bits per heavy atom. The molecule has 0 bridgehead atoms. The van der Waals surface area contributed by atoms with Crippen molar-refractivity contribution in [1.82, 2.24) is 34.9 Å². The number of amides is 1. The molecule has 0 unspecified atom stereocenters. The molecule has 2 aliphatic heterocycles. The molecule has 4 N–H and O–H groups in total. The first-order valence-corrected chi connectivity index (χ1v) is 12.7. The lowest BCUT2D eigenvalue weighted by atomic mass is 10.1. The van der Waals surface area contributed by atoms with Crippen LogP contribution >= 0.6 is 0 Å². The van der Waals surface area contributed by atoms with Crippen molar-refractivity contribution in [3.05, 3.63) is 42.9 Å². The van der Waals surface area contributed by atoms with Gasteiger partial charge in [0.25, 0.3) is 5.88 Å². The zero-order valence-corrected chi connectivity index (χ0v) is 21.2. The maximum Gasteiger partial charge on any atom is 0.256 e. The van der Waals surface area contributed by atoms with Crippen LogP contribution in [0.15, 0.2) is 42.9 Å². The number of nitrogens with one attached hydrogen (secondary N) is 4. The van der Waals surface area contributed by atoms with Crippen molar-refractivity contribution < 1.29 is 13.9 Å². The van der Waals surface area contributed by atoms with Crippen LogP contribution in [-0.4, -0.2) is 80.5 Å². The summed E-state index contributed by atoms with van der Waals surface area (Å²) in [4.78, 5) is 27.7. The van der Waals surface area contributed by atoms with Gasteiger partial charge in [-0.15, -0.1) is 5.10 Å². The van der Waals surface area contributed by atoms with Crippen LogP contribution in [0.1, 0.15) is 12.8 Å². The minimum absolute atomic E-state index is 0.181. The number of halogens is 1. The second-order valence-corrected chi connectivity index (χ2v) is 9.73. The van der Waals surface area contributed by atoms with E-state index in [2.05, 4.69) is 36.0 Å². The first-order chi connectivity index (χ1) is 18.5. The van der Waals surface area contributed by atoms with E-state index in [-0.39, 0.29) is 18.4 Å². The highest BCUT2D eigenvalue weighted by atomic mass is 19.1. The molecule has 12 heteroatoms. The molecule has 3 atom stereocenters. The third-order valence-corrected chi connectivity index (χ3v) is 7.23. The zero-order chi connectivity index (χ0) is 26.2. The molecule has 0 spiro atoms. The number of carbonyl (C=O) groups excluding carboxylic acids is 1. The molecule has 198 valence electrons. The Bertz CT molecular complexity index is 1460. The van der Waals surface area contributed by atoms with Crippen LogP contribution in [0.4, 0.5) is 21.7 Å². The molecule has 0 radical (unpaired) electrons. The van der Waals surface area contributed by atoms with Gasteiger partial charge in [0.1, 0.15) is 11.9 Å². The largest absolute Gasteiger partial charge is 0.478 e. The lowest BCUT2D eigenvalue weighted by Crippen LogP contribution is -2.46. The quantitative estimate of drug-likeness (QED) is 0.294. The number of benzene rings is 1. The third kappa shape index (κ3) is 4.56. The molecule has 0 aliphatic carbocycles. The minimum Gasteiger partial charge on any atom is -0.478 e. The van der Waals surface area contributed by atoms with Gasteiger partial charge in [-0.05, 0) is 25.1 Å². The fraction of sp³-hybridized carbons (Fsp3) is 0.385. The van der Waals surface area contributed by atoms with Gasteiger partial charge < -0.3 is 25.7 Å². The number of anilines is 3. The first-order valence-electron chi connectivity index (χ1n) is 12.7. The molecule has 2 fully saturated rings. The fourth-order valence-electron chi connectivity index (χ4n) is 5.47. The average molecular weight is 520 g/mol. The van der Waals surface area contributed by atoms with Gasteiger partial charge in [-0.1, -0.05) is 12.1 Å². The van der Waals surface area contributed by atoms with Crippen LogP contribution in [0.25, 0.3) is 22.2 Å². The number of H-pyrrole nitrogens is 1. The summed E-state index contributed by atoms with van der Waals surface area (Å²) < 4.78 is 21.3. The van der Waals surface area contributed by atoms with Crippen LogP contribution < -0.4 is 20.7 Å². The number of fused-ring (bicyclic) bond motifs is 1. The molecule has 3 aromatic heterocycles. The molecule has 38 heavy (non-hydrogen) atoms. The number of likely N-dealkylation sites (tertiary alicyclic amines) is 1. The van der Waals surface area contributed by atoms with Gasteiger partial charge >= 0.3 is 0 Å². The summed E-state index contributed by atoms with van der Waals surface area (Å²) in [6.45, 7) is 1.98. The zero-order valence-electron chi connectivity index (χ0n) is 21.2. The summed E-state index contributed by atoms with van der Waals surface area (Å²) in [6, 6.07) is 7.24. The summed E-state index contributed by atoms with van der Waals surface area (Å²) in [5.41, 5.74) is 3.65. The highest BCUT2D eigenvalue weighted by Crippen LogP contribution is 2.33. The number of carbonyl (C=O) groups is 1. The standard InChI is InChI=1S/C26H30FN9O2/c1-35-14-21(25(34-35)38-2)33-26-29-9-7-19(32-26)18-12-30-23-17(18)4-3-5-20(23)31-24(37)22-10-15(27)13-36(22)16-6-8-28-11-16/h3-5,7,9,12,14-16,22,28,30H,6,8,10-11,13H2,1-2H3,(H,31,37)(H,29,32,33)/t15-,16-,22+/m0/s1.